The van der Waals surface area contributed by atoms with Crippen molar-refractivity contribution in [2.75, 3.05) is 7.11 Å². The van der Waals surface area contributed by atoms with Crippen LogP contribution in [0.3, 0.4) is 0 Å². The second-order valence-corrected chi connectivity index (χ2v) is 17.1. The van der Waals surface area contributed by atoms with Crippen LogP contribution in [0.5, 0.6) is 5.75 Å². The molecule has 14 nitrogen and oxygen atoms in total. The third-order valence-electron chi connectivity index (χ3n) is 10.2. The first-order valence-electron chi connectivity index (χ1n) is 16.4. The number of hydrogen-bond acceptors (Lipinski definition) is 11. The van der Waals surface area contributed by atoms with Crippen molar-refractivity contribution in [1.82, 2.24) is 28.9 Å². The number of carbonyl (C=O) groups excluding carboxylic acids is 1. The highest BCUT2D eigenvalue weighted by Crippen LogP contribution is 2.43. The number of methoxy groups -OCH3 is 1. The number of carbonyl (C=O) groups is 1. The van der Waals surface area contributed by atoms with Gasteiger partial charge in [-0.1, -0.05) is 29.5 Å². The van der Waals surface area contributed by atoms with Crippen LogP contribution >= 0.6 is 11.3 Å². The topological polar surface area (TPSA) is 166 Å². The highest BCUT2D eigenvalue weighted by Gasteiger charge is 2.52. The molecule has 0 radical (unpaired) electrons. The monoisotopic (exact) mass is 712 g/mol. The highest BCUT2D eigenvalue weighted by atomic mass is 32.2. The summed E-state index contributed by atoms with van der Waals surface area (Å²) in [6.07, 6.45) is 6.56. The molecule has 1 aromatic carbocycles. The van der Waals surface area contributed by atoms with E-state index in [1.807, 2.05) is 24.3 Å². The van der Waals surface area contributed by atoms with E-state index in [0.29, 0.717) is 52.4 Å². The van der Waals surface area contributed by atoms with Gasteiger partial charge in [0.15, 0.2) is 0 Å². The highest BCUT2D eigenvalue weighted by molar-refractivity contribution is 7.91. The average Bonchev–Trinajstić information content (AvgIpc) is 3.35. The fourth-order valence-corrected chi connectivity index (χ4v) is 9.48. The molecule has 1 aliphatic carbocycles. The number of thiophene rings is 1. The first-order chi connectivity index (χ1) is 23.2. The van der Waals surface area contributed by atoms with E-state index in [1.54, 1.807) is 21.0 Å². The van der Waals surface area contributed by atoms with Crippen molar-refractivity contribution in [3.05, 3.63) is 68.6 Å². The maximum Gasteiger partial charge on any atom is 0.333 e. The van der Waals surface area contributed by atoms with E-state index < -0.39 is 43.6 Å². The number of ether oxygens (including phenoxy) is 3. The number of fused-ring (bicyclic) bond motifs is 3. The first-order valence-corrected chi connectivity index (χ1v) is 18.7. The molecule has 0 unspecified atom stereocenters. The molecule has 4 atom stereocenters. The fourth-order valence-electron chi connectivity index (χ4n) is 6.88. The van der Waals surface area contributed by atoms with Gasteiger partial charge < -0.3 is 14.2 Å². The summed E-state index contributed by atoms with van der Waals surface area (Å²) in [5.41, 5.74) is -2.20. The Bertz CT molecular complexity index is 2140. The number of hydrogen-bond donors (Lipinski definition) is 1. The van der Waals surface area contributed by atoms with Crippen LogP contribution in [0.2, 0.25) is 0 Å². The van der Waals surface area contributed by atoms with Gasteiger partial charge in [-0.25, -0.2) is 17.8 Å². The largest absolute Gasteiger partial charge is 0.496 e. The Hall–Kier alpha value is -3.86. The Labute approximate surface area is 287 Å². The Morgan fingerprint density at radius 3 is 2.43 bits per heavy atom. The number of benzene rings is 1. The van der Waals surface area contributed by atoms with E-state index in [2.05, 4.69) is 14.9 Å². The minimum Gasteiger partial charge on any atom is -0.496 e. The number of para-hydroxylation sites is 1. The number of nitrogens with zero attached hydrogens (tertiary/aromatic N) is 5. The molecule has 4 aromatic rings. The molecule has 1 amide bonds. The van der Waals surface area contributed by atoms with Gasteiger partial charge in [0, 0.05) is 11.1 Å². The van der Waals surface area contributed by atoms with Crippen LogP contribution in [0.1, 0.15) is 76.5 Å². The molecule has 3 aromatic heterocycles. The number of sulfonamides is 1. The second-order valence-electron chi connectivity index (χ2n) is 13.9. The third kappa shape index (κ3) is 5.81. The molecule has 49 heavy (non-hydrogen) atoms. The van der Waals surface area contributed by atoms with Gasteiger partial charge in [-0.2, -0.15) is 10.2 Å². The number of aryl methyl sites for hydroxylation is 1. The van der Waals surface area contributed by atoms with Crippen LogP contribution in [0.15, 0.2) is 46.2 Å². The van der Waals surface area contributed by atoms with E-state index in [1.165, 1.54) is 46.9 Å². The second kappa shape index (κ2) is 12.2. The van der Waals surface area contributed by atoms with Gasteiger partial charge in [0.25, 0.3) is 11.5 Å². The summed E-state index contributed by atoms with van der Waals surface area (Å²) in [4.78, 5) is 44.6. The van der Waals surface area contributed by atoms with Crippen LogP contribution in [-0.2, 0) is 36.4 Å². The predicted octanol–water partition coefficient (Wildman–Crippen LogP) is 3.32. The van der Waals surface area contributed by atoms with Crippen LogP contribution in [0.25, 0.3) is 15.2 Å². The molecule has 2 aliphatic heterocycles. The molecule has 1 saturated carbocycles. The van der Waals surface area contributed by atoms with Crippen molar-refractivity contribution in [2.24, 2.45) is 0 Å². The van der Waals surface area contributed by atoms with E-state index in [0.717, 1.165) is 17.4 Å². The van der Waals surface area contributed by atoms with Crippen molar-refractivity contribution in [3.63, 3.8) is 0 Å². The number of rotatable bonds is 11. The maximum absolute atomic E-state index is 14.7. The van der Waals surface area contributed by atoms with Gasteiger partial charge in [0.2, 0.25) is 10.0 Å². The first kappa shape index (κ1) is 33.6. The lowest BCUT2D eigenvalue weighted by atomic mass is 10.0. The molecular formula is C33H40N6O8S2. The van der Waals surface area contributed by atoms with Gasteiger partial charge in [-0.3, -0.25) is 18.9 Å². The lowest BCUT2D eigenvalue weighted by Crippen LogP contribution is -2.57. The summed E-state index contributed by atoms with van der Waals surface area (Å²) in [6, 6.07) is 7.42. The SMILES string of the molecule is COc1ccccc1[C@H](Cn1c(=O)n(C(C)(C)C(=O)NS(=O)(=O)C2(C)CC2)c(=O)c2c(C)c(-n3nccn3)sc21)O[C@@H]1C[C@H]2CC[C@@H](C1)O2. The fraction of sp³-hybridized carbons (Fsp3) is 0.545. The Morgan fingerprint density at radius 1 is 1.14 bits per heavy atom. The van der Waals surface area contributed by atoms with Crippen molar-refractivity contribution in [2.45, 2.75) is 107 Å². The van der Waals surface area contributed by atoms with Crippen LogP contribution in [0, 0.1) is 6.92 Å². The summed E-state index contributed by atoms with van der Waals surface area (Å²) >= 11 is 1.17. The molecule has 7 rings (SSSR count). The summed E-state index contributed by atoms with van der Waals surface area (Å²) in [7, 11) is -2.49. The molecule has 3 fully saturated rings. The maximum atomic E-state index is 14.7. The Kier molecular flexibility index (Phi) is 8.36. The molecular weight excluding hydrogens is 673 g/mol. The van der Waals surface area contributed by atoms with Gasteiger partial charge in [-0.05, 0) is 72.3 Å². The molecule has 2 bridgehead atoms. The molecule has 5 heterocycles. The molecule has 2 saturated heterocycles. The van der Waals surface area contributed by atoms with Gasteiger partial charge >= 0.3 is 5.69 Å². The number of aromatic nitrogens is 5. The van der Waals surface area contributed by atoms with Gasteiger partial charge in [0.05, 0.1) is 54.5 Å². The summed E-state index contributed by atoms with van der Waals surface area (Å²) in [6.45, 7) is 5.99. The smallest absolute Gasteiger partial charge is 0.333 e. The van der Waals surface area contributed by atoms with Crippen molar-refractivity contribution in [1.29, 1.82) is 0 Å². The quantitative estimate of drug-likeness (QED) is 0.244. The Morgan fingerprint density at radius 2 is 1.80 bits per heavy atom. The van der Waals surface area contributed by atoms with E-state index >= 15 is 0 Å². The van der Waals surface area contributed by atoms with E-state index in [4.69, 9.17) is 14.2 Å². The van der Waals surface area contributed by atoms with Crippen molar-refractivity contribution in [3.8, 4) is 10.8 Å². The minimum absolute atomic E-state index is 0.0390. The van der Waals surface area contributed by atoms with Crippen molar-refractivity contribution >= 4 is 37.5 Å². The molecule has 16 heteroatoms. The Balaban J connectivity index is 1.39. The molecule has 262 valence electrons. The summed E-state index contributed by atoms with van der Waals surface area (Å²) < 4.78 is 48.2. The average molecular weight is 713 g/mol. The van der Waals surface area contributed by atoms with E-state index in [-0.39, 0.29) is 30.2 Å². The zero-order valence-corrected chi connectivity index (χ0v) is 29.7. The lowest BCUT2D eigenvalue weighted by Gasteiger charge is -2.33. The molecule has 3 aliphatic rings. The number of amides is 1. The van der Waals surface area contributed by atoms with Crippen molar-refractivity contribution < 1.29 is 27.4 Å². The van der Waals surface area contributed by atoms with Crippen LogP contribution in [0.4, 0.5) is 0 Å². The zero-order chi connectivity index (χ0) is 34.9. The molecule has 1 N–H and O–H groups in total. The normalized spacial score (nSPS) is 22.3. The standard InChI is InChI=1S/C33H40N6O8S2/c1-19-26-27(40)38(32(2,3)30(41)36-49(43,44)33(4)12-13-33)31(42)37(29(26)48-28(19)39-34-14-15-35-39)18-25(23-8-6-7-9-24(23)45-5)47-22-16-20-10-11-21(17-22)46-20/h6-9,14-15,20-22,25H,10-13,16-18H2,1-5H3,(H,36,41)/t20-,21+,22-,25-/m0/s1. The third-order valence-corrected chi connectivity index (χ3v) is 13.6. The van der Waals surface area contributed by atoms with E-state index in [9.17, 15) is 22.8 Å². The summed E-state index contributed by atoms with van der Waals surface area (Å²) in [5.74, 6) is -0.412. The zero-order valence-electron chi connectivity index (χ0n) is 28.0. The van der Waals surface area contributed by atoms with Gasteiger partial charge in [0.1, 0.15) is 27.2 Å². The lowest BCUT2D eigenvalue weighted by molar-refractivity contribution is -0.126. The van der Waals surface area contributed by atoms with Crippen LogP contribution < -0.4 is 20.7 Å². The van der Waals surface area contributed by atoms with Crippen LogP contribution in [-0.4, -0.2) is 68.6 Å². The molecule has 0 spiro atoms. The predicted molar refractivity (Wildman–Crippen MR) is 182 cm³/mol. The minimum atomic E-state index is -4.06. The summed E-state index contributed by atoms with van der Waals surface area (Å²) in [5, 5.41) is 9.23. The number of nitrogens with one attached hydrogen (secondary N) is 1. The van der Waals surface area contributed by atoms with Gasteiger partial charge in [-0.15, -0.1) is 4.80 Å².